The van der Waals surface area contributed by atoms with Crippen LogP contribution in [-0.4, -0.2) is 41.8 Å². The molecule has 0 bridgehead atoms. The summed E-state index contributed by atoms with van der Waals surface area (Å²) in [6.45, 7) is -1.37. The van der Waals surface area contributed by atoms with E-state index in [9.17, 15) is 13.6 Å². The summed E-state index contributed by atoms with van der Waals surface area (Å²) in [5, 5.41) is 14.6. The number of pyridine rings is 1. The molecule has 0 saturated heterocycles. The quantitative estimate of drug-likeness (QED) is 0.447. The van der Waals surface area contributed by atoms with Crippen molar-refractivity contribution < 1.29 is 17.9 Å². The Morgan fingerprint density at radius 2 is 2.16 bits per heavy atom. The predicted molar refractivity (Wildman–Crippen MR) is 104 cm³/mol. The molecule has 0 unspecified atom stereocenters. The van der Waals surface area contributed by atoms with Gasteiger partial charge in [0.15, 0.2) is 5.82 Å². The second-order valence-corrected chi connectivity index (χ2v) is 6.80. The van der Waals surface area contributed by atoms with Crippen LogP contribution in [0.4, 0.5) is 8.78 Å². The van der Waals surface area contributed by atoms with Crippen molar-refractivity contribution in [2.75, 3.05) is 0 Å². The van der Waals surface area contributed by atoms with Crippen molar-refractivity contribution in [3.05, 3.63) is 51.5 Å². The number of halogens is 3. The van der Waals surface area contributed by atoms with E-state index in [1.807, 2.05) is 0 Å². The van der Waals surface area contributed by atoms with Gasteiger partial charge in [-0.3, -0.25) is 5.10 Å². The van der Waals surface area contributed by atoms with Gasteiger partial charge in [-0.05, 0) is 30.7 Å². The maximum absolute atomic E-state index is 12.8. The highest BCUT2D eigenvalue weighted by Crippen LogP contribution is 2.30. The molecule has 156 valence electrons. The van der Waals surface area contributed by atoms with Crippen molar-refractivity contribution in [1.29, 1.82) is 0 Å². The number of fused-ring (bicyclic) bond motifs is 3. The zero-order valence-electron chi connectivity index (χ0n) is 15.5. The SMILES string of the molecule is Cc1cc2nn[nH]c2c2c(=O)oc(-c3cc(OC(F)F)nn3-c3ncccc3Cl)nc12. The first-order valence-electron chi connectivity index (χ1n) is 8.73. The first-order valence-corrected chi connectivity index (χ1v) is 9.11. The standard InChI is InChI=1S/C18H10ClF2N7O3/c1-7-5-9-14(25-27-24-9)12-13(7)23-16(31-17(12)29)10-6-11(30-18(20)21)26-28(10)15-8(19)3-2-4-22-15/h2-6,18H,1H3,(H,24,25,27). The number of alkyl halides is 2. The molecular weight excluding hydrogens is 436 g/mol. The summed E-state index contributed by atoms with van der Waals surface area (Å²) in [7, 11) is 0. The average Bonchev–Trinajstić information content (AvgIpc) is 3.34. The van der Waals surface area contributed by atoms with Crippen molar-refractivity contribution in [3.63, 3.8) is 0 Å². The molecule has 13 heteroatoms. The lowest BCUT2D eigenvalue weighted by molar-refractivity contribution is -0.0530. The van der Waals surface area contributed by atoms with E-state index in [1.165, 1.54) is 6.20 Å². The minimum atomic E-state index is -3.12. The van der Waals surface area contributed by atoms with Crippen LogP contribution in [0.15, 0.2) is 39.7 Å². The van der Waals surface area contributed by atoms with Crippen molar-refractivity contribution in [2.24, 2.45) is 0 Å². The highest BCUT2D eigenvalue weighted by Gasteiger charge is 2.23. The van der Waals surface area contributed by atoms with E-state index in [0.29, 0.717) is 22.1 Å². The van der Waals surface area contributed by atoms with E-state index in [2.05, 4.69) is 35.2 Å². The second-order valence-electron chi connectivity index (χ2n) is 6.40. The van der Waals surface area contributed by atoms with E-state index in [-0.39, 0.29) is 27.8 Å². The smallest absolute Gasteiger partial charge is 0.388 e. The number of benzene rings is 1. The molecule has 0 fully saturated rings. The summed E-state index contributed by atoms with van der Waals surface area (Å²) in [5.74, 6) is -0.510. The van der Waals surface area contributed by atoms with E-state index < -0.39 is 18.1 Å². The summed E-state index contributed by atoms with van der Waals surface area (Å²) < 4.78 is 36.5. The Morgan fingerprint density at radius 3 is 2.94 bits per heavy atom. The van der Waals surface area contributed by atoms with E-state index in [4.69, 9.17) is 16.0 Å². The van der Waals surface area contributed by atoms with Gasteiger partial charge >= 0.3 is 12.2 Å². The monoisotopic (exact) mass is 445 g/mol. The number of aromatic nitrogens is 7. The van der Waals surface area contributed by atoms with Crippen LogP contribution in [0.25, 0.3) is 39.3 Å². The number of aryl methyl sites for hydroxylation is 1. The third-order valence-electron chi connectivity index (χ3n) is 4.45. The zero-order chi connectivity index (χ0) is 21.7. The van der Waals surface area contributed by atoms with Crippen molar-refractivity contribution in [3.8, 4) is 23.3 Å². The van der Waals surface area contributed by atoms with Gasteiger partial charge in [0.05, 0.1) is 10.5 Å². The largest absolute Gasteiger partial charge is 0.415 e. The number of H-pyrrole nitrogens is 1. The van der Waals surface area contributed by atoms with Crippen molar-refractivity contribution in [1.82, 2.24) is 35.2 Å². The average molecular weight is 446 g/mol. The summed E-state index contributed by atoms with van der Waals surface area (Å²) in [4.78, 5) is 21.4. The van der Waals surface area contributed by atoms with Crippen LogP contribution in [0.5, 0.6) is 5.88 Å². The summed E-state index contributed by atoms with van der Waals surface area (Å²) in [5.41, 5.74) is 1.12. The first kappa shape index (κ1) is 19.1. The van der Waals surface area contributed by atoms with Gasteiger partial charge < -0.3 is 9.15 Å². The molecule has 1 aromatic carbocycles. The van der Waals surface area contributed by atoms with Gasteiger partial charge in [-0.2, -0.15) is 8.78 Å². The maximum Gasteiger partial charge on any atom is 0.388 e. The molecule has 0 aliphatic heterocycles. The number of aromatic amines is 1. The van der Waals surface area contributed by atoms with Gasteiger partial charge in [0.1, 0.15) is 22.1 Å². The minimum Gasteiger partial charge on any atom is -0.415 e. The van der Waals surface area contributed by atoms with Crippen LogP contribution in [0.1, 0.15) is 5.56 Å². The molecule has 5 rings (SSSR count). The fraction of sp³-hybridized carbons (Fsp3) is 0.111. The first-order chi connectivity index (χ1) is 14.9. The van der Waals surface area contributed by atoms with Crippen LogP contribution in [-0.2, 0) is 0 Å². The van der Waals surface area contributed by atoms with Crippen LogP contribution < -0.4 is 10.4 Å². The highest BCUT2D eigenvalue weighted by molar-refractivity contribution is 6.32. The molecule has 5 aromatic rings. The van der Waals surface area contributed by atoms with Crippen molar-refractivity contribution >= 4 is 33.5 Å². The summed E-state index contributed by atoms with van der Waals surface area (Å²) >= 11 is 6.19. The van der Waals surface area contributed by atoms with Crippen LogP contribution in [0, 0.1) is 6.92 Å². The van der Waals surface area contributed by atoms with Gasteiger partial charge in [-0.1, -0.05) is 16.8 Å². The molecule has 0 spiro atoms. The van der Waals surface area contributed by atoms with Crippen molar-refractivity contribution in [2.45, 2.75) is 13.5 Å². The van der Waals surface area contributed by atoms with Gasteiger partial charge in [0.2, 0.25) is 11.8 Å². The number of hydrogen-bond acceptors (Lipinski definition) is 8. The molecule has 0 amide bonds. The predicted octanol–water partition coefficient (Wildman–Crippen LogP) is 3.27. The molecule has 4 heterocycles. The molecule has 0 aliphatic carbocycles. The normalized spacial score (nSPS) is 11.6. The molecule has 1 N–H and O–H groups in total. The maximum atomic E-state index is 12.8. The Balaban J connectivity index is 1.79. The highest BCUT2D eigenvalue weighted by atomic mass is 35.5. The number of nitrogens with zero attached hydrogens (tertiary/aromatic N) is 6. The summed E-state index contributed by atoms with van der Waals surface area (Å²) in [6, 6.07) is 5.99. The van der Waals surface area contributed by atoms with Crippen LogP contribution in [0.2, 0.25) is 5.02 Å². The van der Waals surface area contributed by atoms with Crippen LogP contribution in [0.3, 0.4) is 0 Å². The summed E-state index contributed by atoms with van der Waals surface area (Å²) in [6.07, 6.45) is 1.44. The van der Waals surface area contributed by atoms with Crippen LogP contribution >= 0.6 is 11.6 Å². The third-order valence-corrected chi connectivity index (χ3v) is 4.75. The Labute approximate surface area is 175 Å². The fourth-order valence-corrected chi connectivity index (χ4v) is 3.38. The number of hydrogen-bond donors (Lipinski definition) is 1. The number of rotatable bonds is 4. The zero-order valence-corrected chi connectivity index (χ0v) is 16.3. The van der Waals surface area contributed by atoms with E-state index in [1.54, 1.807) is 25.1 Å². The second kappa shape index (κ2) is 7.09. The van der Waals surface area contributed by atoms with E-state index in [0.717, 1.165) is 10.7 Å². The molecule has 0 radical (unpaired) electrons. The molecular formula is C18H10ClF2N7O3. The Morgan fingerprint density at radius 1 is 1.32 bits per heavy atom. The Kier molecular flexibility index (Phi) is 4.36. The van der Waals surface area contributed by atoms with Gasteiger partial charge in [-0.15, -0.1) is 10.2 Å². The van der Waals surface area contributed by atoms with E-state index >= 15 is 0 Å². The molecule has 0 saturated carbocycles. The topological polar surface area (TPSA) is 125 Å². The van der Waals surface area contributed by atoms with Gasteiger partial charge in [0.25, 0.3) is 0 Å². The lowest BCUT2D eigenvalue weighted by Crippen LogP contribution is -2.08. The molecule has 31 heavy (non-hydrogen) atoms. The fourth-order valence-electron chi connectivity index (χ4n) is 3.18. The van der Waals surface area contributed by atoms with Gasteiger partial charge in [0, 0.05) is 12.3 Å². The number of nitrogens with one attached hydrogen (secondary N) is 1. The Hall–Kier alpha value is -3.93. The third kappa shape index (κ3) is 3.17. The lowest BCUT2D eigenvalue weighted by Gasteiger charge is -2.08. The number of ether oxygens (including phenoxy) is 1. The Bertz CT molecular complexity index is 1510. The minimum absolute atomic E-state index is 0.0393. The lowest BCUT2D eigenvalue weighted by atomic mass is 10.1. The molecule has 4 aromatic heterocycles. The molecule has 0 aliphatic rings. The molecule has 10 nitrogen and oxygen atoms in total. The van der Waals surface area contributed by atoms with Gasteiger partial charge in [-0.25, -0.2) is 19.4 Å². The molecule has 0 atom stereocenters.